The molecule has 5 nitrogen and oxygen atoms in total. The molecule has 3 rings (SSSR count). The van der Waals surface area contributed by atoms with E-state index in [1.165, 1.54) is 12.1 Å². The molecule has 0 unspecified atom stereocenters. The molecule has 0 radical (unpaired) electrons. The van der Waals surface area contributed by atoms with Crippen LogP contribution in [-0.4, -0.2) is 16.4 Å². The van der Waals surface area contributed by atoms with Crippen molar-refractivity contribution >= 4 is 23.3 Å². The maximum absolute atomic E-state index is 9.45. The van der Waals surface area contributed by atoms with Gasteiger partial charge in [-0.25, -0.2) is 0 Å². The summed E-state index contributed by atoms with van der Waals surface area (Å²) in [6.45, 7) is 0. The van der Waals surface area contributed by atoms with Gasteiger partial charge in [0.05, 0.1) is 17.1 Å². The summed E-state index contributed by atoms with van der Waals surface area (Å²) in [7, 11) is 0. The van der Waals surface area contributed by atoms with E-state index in [1.807, 2.05) is 54.6 Å². The fraction of sp³-hybridized carbons (Fsp3) is 0. The Hall–Kier alpha value is -3.47. The lowest BCUT2D eigenvalue weighted by molar-refractivity contribution is 0.403. The third-order valence-electron chi connectivity index (χ3n) is 3.25. The summed E-state index contributed by atoms with van der Waals surface area (Å²) in [4.78, 5) is 4.32. The van der Waals surface area contributed by atoms with E-state index in [1.54, 1.807) is 12.3 Å². The monoisotopic (exact) mass is 317 g/mol. The number of benzene rings is 3. The Bertz CT molecular complexity index is 873. The van der Waals surface area contributed by atoms with Crippen LogP contribution in [0.15, 0.2) is 88.0 Å². The fourth-order valence-corrected chi connectivity index (χ4v) is 1.99. The molecule has 0 aliphatic rings. The maximum Gasteiger partial charge on any atom is 0.158 e. The Morgan fingerprint density at radius 3 is 1.92 bits per heavy atom. The van der Waals surface area contributed by atoms with Crippen LogP contribution in [0.5, 0.6) is 11.5 Å². The first kappa shape index (κ1) is 15.4. The highest BCUT2D eigenvalue weighted by Crippen LogP contribution is 2.25. The zero-order valence-electron chi connectivity index (χ0n) is 12.7. The number of rotatable bonds is 4. The highest BCUT2D eigenvalue weighted by atomic mass is 16.3. The Balaban J connectivity index is 1.69. The van der Waals surface area contributed by atoms with Gasteiger partial charge in [-0.1, -0.05) is 18.2 Å². The maximum atomic E-state index is 9.45. The van der Waals surface area contributed by atoms with Gasteiger partial charge in [-0.05, 0) is 60.2 Å². The SMILES string of the molecule is Oc1ccc(C=Nc2ccc(N=Nc3ccccc3)cc2)cc1O. The minimum absolute atomic E-state index is 0.153. The molecule has 0 aromatic heterocycles. The van der Waals surface area contributed by atoms with Gasteiger partial charge in [-0.15, -0.1) is 0 Å². The van der Waals surface area contributed by atoms with Gasteiger partial charge >= 0.3 is 0 Å². The smallest absolute Gasteiger partial charge is 0.158 e. The molecule has 0 amide bonds. The molecule has 3 aromatic rings. The molecule has 24 heavy (non-hydrogen) atoms. The van der Waals surface area contributed by atoms with E-state index in [9.17, 15) is 10.2 Å². The molecule has 0 saturated carbocycles. The van der Waals surface area contributed by atoms with Gasteiger partial charge < -0.3 is 10.2 Å². The lowest BCUT2D eigenvalue weighted by Crippen LogP contribution is -1.80. The Morgan fingerprint density at radius 1 is 0.625 bits per heavy atom. The third kappa shape index (κ3) is 4.04. The zero-order chi connectivity index (χ0) is 16.8. The highest BCUT2D eigenvalue weighted by Gasteiger charge is 1.98. The van der Waals surface area contributed by atoms with Crippen LogP contribution in [0, 0.1) is 0 Å². The van der Waals surface area contributed by atoms with Gasteiger partial charge in [0.1, 0.15) is 0 Å². The number of aromatic hydroxyl groups is 2. The molecule has 3 aromatic carbocycles. The first-order chi connectivity index (χ1) is 11.7. The second kappa shape index (κ2) is 7.19. The van der Waals surface area contributed by atoms with E-state index < -0.39 is 0 Å². The van der Waals surface area contributed by atoms with Gasteiger partial charge in [0, 0.05) is 6.21 Å². The van der Waals surface area contributed by atoms with E-state index in [0.29, 0.717) is 5.56 Å². The summed E-state index contributed by atoms with van der Waals surface area (Å²) < 4.78 is 0. The molecule has 0 aliphatic heterocycles. The minimum Gasteiger partial charge on any atom is -0.504 e. The van der Waals surface area contributed by atoms with Crippen LogP contribution >= 0.6 is 0 Å². The average Bonchev–Trinajstić information content (AvgIpc) is 2.63. The summed E-state index contributed by atoms with van der Waals surface area (Å²) in [5.74, 6) is -0.323. The Morgan fingerprint density at radius 2 is 1.25 bits per heavy atom. The summed E-state index contributed by atoms with van der Waals surface area (Å²) in [6, 6.07) is 21.4. The van der Waals surface area contributed by atoms with Crippen molar-refractivity contribution in [1.29, 1.82) is 0 Å². The van der Waals surface area contributed by atoms with Crippen molar-refractivity contribution in [2.24, 2.45) is 15.2 Å². The molecule has 0 aliphatic carbocycles. The second-order valence-electron chi connectivity index (χ2n) is 5.06. The van der Waals surface area contributed by atoms with Gasteiger partial charge in [-0.3, -0.25) is 4.99 Å². The van der Waals surface area contributed by atoms with Crippen molar-refractivity contribution in [2.45, 2.75) is 0 Å². The van der Waals surface area contributed by atoms with E-state index >= 15 is 0 Å². The molecule has 0 spiro atoms. The number of hydrogen-bond acceptors (Lipinski definition) is 5. The highest BCUT2D eigenvalue weighted by molar-refractivity contribution is 5.83. The first-order valence-electron chi connectivity index (χ1n) is 7.33. The largest absolute Gasteiger partial charge is 0.504 e. The standard InChI is InChI=1S/C19H15N3O2/c23-18-11-6-14(12-19(18)24)13-20-15-7-9-17(10-8-15)22-21-16-4-2-1-3-5-16/h1-13,23-24H. The molecule has 0 bridgehead atoms. The molecular weight excluding hydrogens is 302 g/mol. The molecule has 5 heteroatoms. The van der Waals surface area contributed by atoms with E-state index in [4.69, 9.17) is 0 Å². The Kier molecular flexibility index (Phi) is 4.62. The molecule has 0 saturated heterocycles. The van der Waals surface area contributed by atoms with Crippen LogP contribution in [0.2, 0.25) is 0 Å². The third-order valence-corrected chi connectivity index (χ3v) is 3.25. The zero-order valence-corrected chi connectivity index (χ0v) is 12.7. The van der Waals surface area contributed by atoms with Crippen LogP contribution in [-0.2, 0) is 0 Å². The van der Waals surface area contributed by atoms with Crippen molar-refractivity contribution in [3.8, 4) is 11.5 Å². The van der Waals surface area contributed by atoms with Crippen LogP contribution in [0.4, 0.5) is 17.1 Å². The molecular formula is C19H15N3O2. The number of hydrogen-bond donors (Lipinski definition) is 2. The van der Waals surface area contributed by atoms with Gasteiger partial charge in [0.25, 0.3) is 0 Å². The molecule has 0 fully saturated rings. The molecule has 0 heterocycles. The van der Waals surface area contributed by atoms with Crippen molar-refractivity contribution in [1.82, 2.24) is 0 Å². The quantitative estimate of drug-likeness (QED) is 0.391. The second-order valence-corrected chi connectivity index (χ2v) is 5.06. The van der Waals surface area contributed by atoms with Crippen molar-refractivity contribution < 1.29 is 10.2 Å². The van der Waals surface area contributed by atoms with Crippen LogP contribution in [0.3, 0.4) is 0 Å². The number of phenolic OH excluding ortho intramolecular Hbond substituents is 2. The first-order valence-corrected chi connectivity index (χ1v) is 7.33. The Labute approximate surface area is 139 Å². The van der Waals surface area contributed by atoms with Crippen molar-refractivity contribution in [3.63, 3.8) is 0 Å². The molecule has 2 N–H and O–H groups in total. The summed E-state index contributed by atoms with van der Waals surface area (Å²) in [5.41, 5.74) is 2.98. The van der Waals surface area contributed by atoms with Gasteiger partial charge in [0.2, 0.25) is 0 Å². The van der Waals surface area contributed by atoms with Crippen molar-refractivity contribution in [2.75, 3.05) is 0 Å². The topological polar surface area (TPSA) is 77.5 Å². The van der Waals surface area contributed by atoms with Crippen molar-refractivity contribution in [3.05, 3.63) is 78.4 Å². The predicted octanol–water partition coefficient (Wildman–Crippen LogP) is 5.26. The molecule has 118 valence electrons. The average molecular weight is 317 g/mol. The number of phenols is 2. The van der Waals surface area contributed by atoms with E-state index in [2.05, 4.69) is 15.2 Å². The van der Waals surface area contributed by atoms with E-state index in [-0.39, 0.29) is 11.5 Å². The minimum atomic E-state index is -0.171. The lowest BCUT2D eigenvalue weighted by Gasteiger charge is -1.99. The number of aliphatic imine (C=N–C) groups is 1. The molecule has 0 atom stereocenters. The fourth-order valence-electron chi connectivity index (χ4n) is 1.99. The van der Waals surface area contributed by atoms with Crippen LogP contribution < -0.4 is 0 Å². The van der Waals surface area contributed by atoms with Crippen LogP contribution in [0.1, 0.15) is 5.56 Å². The number of azo groups is 1. The van der Waals surface area contributed by atoms with Gasteiger partial charge in [-0.2, -0.15) is 10.2 Å². The normalized spacial score (nSPS) is 11.3. The number of nitrogens with zero attached hydrogens (tertiary/aromatic N) is 3. The van der Waals surface area contributed by atoms with Gasteiger partial charge in [0.15, 0.2) is 11.5 Å². The predicted molar refractivity (Wildman–Crippen MR) is 94.1 cm³/mol. The summed E-state index contributed by atoms with van der Waals surface area (Å²) in [5, 5.41) is 27.1. The van der Waals surface area contributed by atoms with Crippen LogP contribution in [0.25, 0.3) is 0 Å². The summed E-state index contributed by atoms with van der Waals surface area (Å²) in [6.07, 6.45) is 1.61. The lowest BCUT2D eigenvalue weighted by atomic mass is 10.2. The summed E-state index contributed by atoms with van der Waals surface area (Å²) >= 11 is 0. The van der Waals surface area contributed by atoms with E-state index in [0.717, 1.165) is 17.1 Å².